The van der Waals surface area contributed by atoms with Gasteiger partial charge in [-0.1, -0.05) is 23.7 Å². The first-order valence-electron chi connectivity index (χ1n) is 9.64. The summed E-state index contributed by atoms with van der Waals surface area (Å²) in [6, 6.07) is 12.2. The van der Waals surface area contributed by atoms with Gasteiger partial charge in [-0.05, 0) is 61.7 Å². The van der Waals surface area contributed by atoms with Gasteiger partial charge in [-0.15, -0.1) is 0 Å². The van der Waals surface area contributed by atoms with E-state index in [1.807, 2.05) is 18.2 Å². The van der Waals surface area contributed by atoms with Crippen LogP contribution in [0.25, 0.3) is 0 Å². The molecule has 1 atom stereocenters. The molecular weight excluding hydrogens is 360 g/mol. The van der Waals surface area contributed by atoms with Crippen molar-refractivity contribution in [2.75, 3.05) is 44.2 Å². The van der Waals surface area contributed by atoms with Gasteiger partial charge in [-0.2, -0.15) is 0 Å². The van der Waals surface area contributed by atoms with Gasteiger partial charge in [0, 0.05) is 10.7 Å². The monoisotopic (exact) mass is 389 g/mol. The number of anilines is 1. The third kappa shape index (κ3) is 5.61. The van der Waals surface area contributed by atoms with Gasteiger partial charge >= 0.3 is 0 Å². The number of piperazine rings is 1. The molecule has 0 spiro atoms. The zero-order valence-electron chi connectivity index (χ0n) is 16.5. The summed E-state index contributed by atoms with van der Waals surface area (Å²) in [5.74, 6) is 0.836. The van der Waals surface area contributed by atoms with E-state index in [4.69, 9.17) is 16.3 Å². The van der Waals surface area contributed by atoms with E-state index in [0.717, 1.165) is 37.0 Å². The van der Waals surface area contributed by atoms with Gasteiger partial charge in [0.2, 0.25) is 0 Å². The topological polar surface area (TPSA) is 37.1 Å². The summed E-state index contributed by atoms with van der Waals surface area (Å²) in [6.07, 6.45) is -0.458. The molecule has 1 aliphatic rings. The minimum Gasteiger partial charge on any atom is -0.491 e. The molecule has 27 heavy (non-hydrogen) atoms. The Bertz CT molecular complexity index is 753. The summed E-state index contributed by atoms with van der Waals surface area (Å²) in [4.78, 5) is 3.81. The predicted octanol–water partition coefficient (Wildman–Crippen LogP) is 2.41. The lowest BCUT2D eigenvalue weighted by Crippen LogP contribution is -3.16. The van der Waals surface area contributed by atoms with E-state index < -0.39 is 6.10 Å². The maximum absolute atomic E-state index is 10.4. The van der Waals surface area contributed by atoms with Gasteiger partial charge in [0.15, 0.2) is 0 Å². The van der Waals surface area contributed by atoms with Crippen molar-refractivity contribution in [3.63, 3.8) is 0 Å². The van der Waals surface area contributed by atoms with Gasteiger partial charge in [-0.3, -0.25) is 0 Å². The molecule has 1 fully saturated rings. The van der Waals surface area contributed by atoms with Gasteiger partial charge in [0.1, 0.15) is 25.0 Å². The average molecular weight is 390 g/mol. The number of nitrogens with one attached hydrogen (secondary N) is 1. The van der Waals surface area contributed by atoms with Gasteiger partial charge in [-0.25, -0.2) is 0 Å². The number of hydrogen-bond donors (Lipinski definition) is 2. The van der Waals surface area contributed by atoms with Crippen LogP contribution in [-0.4, -0.2) is 50.5 Å². The molecule has 0 aromatic heterocycles. The average Bonchev–Trinajstić information content (AvgIpc) is 2.62. The lowest BCUT2D eigenvalue weighted by Gasteiger charge is -2.35. The summed E-state index contributed by atoms with van der Waals surface area (Å²) in [6.45, 7) is 11.3. The van der Waals surface area contributed by atoms with Gasteiger partial charge in [0.05, 0.1) is 26.2 Å². The van der Waals surface area contributed by atoms with Crippen LogP contribution >= 0.6 is 11.6 Å². The Hall–Kier alpha value is -1.75. The molecule has 1 saturated heterocycles. The number of aliphatic hydroxyl groups excluding tert-OH is 1. The number of aliphatic hydroxyl groups is 1. The molecule has 1 heterocycles. The highest BCUT2D eigenvalue weighted by Gasteiger charge is 2.23. The van der Waals surface area contributed by atoms with Crippen molar-refractivity contribution in [1.29, 1.82) is 0 Å². The molecule has 0 amide bonds. The Morgan fingerprint density at radius 2 is 1.74 bits per heavy atom. The minimum absolute atomic E-state index is 0.337. The number of halogens is 1. The van der Waals surface area contributed by atoms with Crippen LogP contribution in [0, 0.1) is 20.8 Å². The van der Waals surface area contributed by atoms with Crippen LogP contribution < -0.4 is 14.5 Å². The van der Waals surface area contributed by atoms with E-state index >= 15 is 0 Å². The van der Waals surface area contributed by atoms with Crippen molar-refractivity contribution in [1.82, 2.24) is 0 Å². The summed E-state index contributed by atoms with van der Waals surface area (Å²) in [7, 11) is 0. The number of benzene rings is 2. The van der Waals surface area contributed by atoms with Crippen LogP contribution in [0.4, 0.5) is 5.69 Å². The Balaban J connectivity index is 1.46. The van der Waals surface area contributed by atoms with Crippen molar-refractivity contribution in [2.45, 2.75) is 26.9 Å². The summed E-state index contributed by atoms with van der Waals surface area (Å²) >= 11 is 6.16. The second kappa shape index (κ2) is 8.96. The number of quaternary nitrogens is 1. The molecule has 2 aromatic rings. The molecule has 2 N–H and O–H groups in total. The highest BCUT2D eigenvalue weighted by atomic mass is 35.5. The van der Waals surface area contributed by atoms with Crippen LogP contribution in [0.2, 0.25) is 5.02 Å². The molecular formula is C22H30ClN2O2+. The molecule has 0 radical (unpaired) electrons. The number of rotatable bonds is 6. The molecule has 0 bridgehead atoms. The SMILES string of the molecule is Cc1cc(C)cc(OC[C@H](O)C[NH+]2CCN(c3cc(Cl)ccc3C)CC2)c1. The molecule has 0 aliphatic carbocycles. The maximum atomic E-state index is 10.4. The molecule has 5 heteroatoms. The fraction of sp³-hybridized carbons (Fsp3) is 0.455. The standard InChI is InChI=1S/C22H29ClN2O2/c1-16-10-17(2)12-21(11-16)27-15-20(26)14-24-6-8-25(9-7-24)22-13-19(23)5-4-18(22)3/h4-5,10-13,20,26H,6-9,14-15H2,1-3H3/p+1/t20-/m1/s1. The number of hydrogen-bond acceptors (Lipinski definition) is 3. The quantitative estimate of drug-likeness (QED) is 0.796. The van der Waals surface area contributed by atoms with Gasteiger partial charge in [0.25, 0.3) is 0 Å². The zero-order chi connectivity index (χ0) is 19.4. The molecule has 2 aromatic carbocycles. The molecule has 1 aliphatic heterocycles. The van der Waals surface area contributed by atoms with Crippen LogP contribution in [0.5, 0.6) is 5.75 Å². The second-order valence-electron chi connectivity index (χ2n) is 7.66. The van der Waals surface area contributed by atoms with Crippen molar-refractivity contribution >= 4 is 17.3 Å². The highest BCUT2D eigenvalue weighted by molar-refractivity contribution is 6.30. The fourth-order valence-electron chi connectivity index (χ4n) is 3.79. The Kier molecular flexibility index (Phi) is 6.64. The van der Waals surface area contributed by atoms with E-state index in [9.17, 15) is 5.11 Å². The molecule has 0 saturated carbocycles. The predicted molar refractivity (Wildman–Crippen MR) is 111 cm³/mol. The minimum atomic E-state index is -0.458. The first-order valence-corrected chi connectivity index (χ1v) is 10.0. The smallest absolute Gasteiger partial charge is 0.137 e. The largest absolute Gasteiger partial charge is 0.491 e. The summed E-state index contributed by atoms with van der Waals surface area (Å²) < 4.78 is 5.80. The van der Waals surface area contributed by atoms with E-state index in [0.29, 0.717) is 13.2 Å². The van der Waals surface area contributed by atoms with Gasteiger partial charge < -0.3 is 19.6 Å². The highest BCUT2D eigenvalue weighted by Crippen LogP contribution is 2.24. The van der Waals surface area contributed by atoms with Crippen molar-refractivity contribution in [2.24, 2.45) is 0 Å². The lowest BCUT2D eigenvalue weighted by atomic mass is 10.1. The first kappa shape index (κ1) is 20.0. The van der Waals surface area contributed by atoms with E-state index in [1.54, 1.807) is 0 Å². The van der Waals surface area contributed by atoms with Crippen LogP contribution in [0.15, 0.2) is 36.4 Å². The molecule has 146 valence electrons. The third-order valence-corrected chi connectivity index (χ3v) is 5.38. The Morgan fingerprint density at radius 3 is 2.41 bits per heavy atom. The fourth-order valence-corrected chi connectivity index (χ4v) is 3.96. The normalized spacial score (nSPS) is 16.4. The third-order valence-electron chi connectivity index (χ3n) is 5.14. The van der Waals surface area contributed by atoms with Crippen LogP contribution in [0.1, 0.15) is 16.7 Å². The number of nitrogens with zero attached hydrogens (tertiary/aromatic N) is 1. The summed E-state index contributed by atoms with van der Waals surface area (Å²) in [5.41, 5.74) is 4.83. The summed E-state index contributed by atoms with van der Waals surface area (Å²) in [5, 5.41) is 11.2. The van der Waals surface area contributed by atoms with E-state index in [2.05, 4.69) is 43.9 Å². The van der Waals surface area contributed by atoms with Crippen molar-refractivity contribution in [3.8, 4) is 5.75 Å². The Morgan fingerprint density at radius 1 is 1.07 bits per heavy atom. The van der Waals surface area contributed by atoms with E-state index in [-0.39, 0.29) is 0 Å². The van der Waals surface area contributed by atoms with Crippen LogP contribution in [-0.2, 0) is 0 Å². The first-order chi connectivity index (χ1) is 12.9. The number of ether oxygens (including phenoxy) is 1. The van der Waals surface area contributed by atoms with E-state index in [1.165, 1.54) is 27.3 Å². The van der Waals surface area contributed by atoms with Crippen molar-refractivity contribution < 1.29 is 14.7 Å². The molecule has 3 rings (SSSR count). The molecule has 4 nitrogen and oxygen atoms in total. The van der Waals surface area contributed by atoms with Crippen molar-refractivity contribution in [3.05, 3.63) is 58.1 Å². The second-order valence-corrected chi connectivity index (χ2v) is 8.10. The molecule has 0 unspecified atom stereocenters. The maximum Gasteiger partial charge on any atom is 0.137 e. The lowest BCUT2D eigenvalue weighted by molar-refractivity contribution is -0.903. The zero-order valence-corrected chi connectivity index (χ0v) is 17.2. The van der Waals surface area contributed by atoms with Crippen LogP contribution in [0.3, 0.4) is 0 Å². The Labute approximate surface area is 167 Å². The number of aryl methyl sites for hydroxylation is 3.